The van der Waals surface area contributed by atoms with Crippen molar-refractivity contribution in [2.24, 2.45) is 0 Å². The Bertz CT molecular complexity index is 1090. The molecule has 3 fully saturated rings. The molecule has 0 bridgehead atoms. The largest absolute Gasteiger partial charge is 0.463 e. The minimum Gasteiger partial charge on any atom is -0.463 e. The third kappa shape index (κ3) is 11.0. The number of rotatable bonds is 18. The maximum atomic E-state index is 11.9. The molecule has 0 aromatic rings. The van der Waals surface area contributed by atoms with Crippen LogP contribution >= 0.6 is 34.8 Å². The van der Waals surface area contributed by atoms with Gasteiger partial charge in [-0.3, -0.25) is 10.2 Å². The molecule has 15 atom stereocenters. The van der Waals surface area contributed by atoms with E-state index in [9.17, 15) is 4.79 Å². The number of esters is 1. The Morgan fingerprint density at radius 3 is 1.25 bits per heavy atom. The quantitative estimate of drug-likeness (QED) is 0.0900. The van der Waals surface area contributed by atoms with Crippen LogP contribution in [-0.4, -0.2) is 192 Å². The van der Waals surface area contributed by atoms with Crippen molar-refractivity contribution in [2.45, 2.75) is 103 Å². The fourth-order valence-corrected chi connectivity index (χ4v) is 6.67. The molecule has 3 heterocycles. The second kappa shape index (κ2) is 21.5. The molecule has 304 valence electrons. The second-order valence-corrected chi connectivity index (χ2v) is 14.2. The Hall–Kier alpha value is -0.750. The van der Waals surface area contributed by atoms with Crippen molar-refractivity contribution < 1.29 is 80.6 Å². The molecule has 3 aliphatic rings. The lowest BCUT2D eigenvalue weighted by Gasteiger charge is -2.51. The topological polar surface area (TPSA) is 189 Å². The SMILES string of the molecule is COC[C@@H]1O[C@H](O[C@H]2C(OC)C(OC)[C@H](O[C@@H]3C(COC(C)=O)OC(OC(=N)C(Cl)(Cl)Cl)C(OC)[C@@H]3OC)O[C@H]2COC)C(OC)C(OC)[C@@H]1OC. The Labute approximate surface area is 318 Å². The molecule has 3 rings (SSSR count). The minimum absolute atomic E-state index is 0.0165. The van der Waals surface area contributed by atoms with E-state index in [2.05, 4.69) is 0 Å². The summed E-state index contributed by atoms with van der Waals surface area (Å²) in [7, 11) is 13.3. The van der Waals surface area contributed by atoms with Crippen molar-refractivity contribution >= 4 is 46.7 Å². The number of hydrogen-bond acceptors (Lipinski definition) is 18. The van der Waals surface area contributed by atoms with Crippen LogP contribution in [0.3, 0.4) is 0 Å². The molecule has 0 radical (unpaired) electrons. The van der Waals surface area contributed by atoms with E-state index in [-0.39, 0.29) is 19.8 Å². The number of ether oxygens (including phenoxy) is 16. The minimum atomic E-state index is -2.21. The van der Waals surface area contributed by atoms with Gasteiger partial charge < -0.3 is 75.8 Å². The standard InChI is InChI=1S/C31H52Cl3NO17/c1-14(36)46-13-17-20(23(42-7)26(45-10)29(49-17)52-30(35)31(32,33)34)51-28-25(44-9)22(41-6)19(16(48-28)12-38-3)50-27-24(43-8)21(40-5)18(39-4)15(47-27)11-37-2/h15-29,35H,11-13H2,1-10H3/t15-,16-,17?,18+,19+,20+,21?,22?,23+,24?,25?,26?,27+,28-,29?/m0/s1. The lowest BCUT2D eigenvalue weighted by atomic mass is 9.95. The van der Waals surface area contributed by atoms with Crippen molar-refractivity contribution in [3.05, 3.63) is 0 Å². The van der Waals surface area contributed by atoms with E-state index in [4.69, 9.17) is 116 Å². The average molecular weight is 817 g/mol. The highest BCUT2D eigenvalue weighted by atomic mass is 35.6. The predicted molar refractivity (Wildman–Crippen MR) is 181 cm³/mol. The van der Waals surface area contributed by atoms with Crippen molar-refractivity contribution in [3.63, 3.8) is 0 Å². The van der Waals surface area contributed by atoms with Gasteiger partial charge in [0.15, 0.2) is 12.6 Å². The first-order valence-electron chi connectivity index (χ1n) is 16.2. The van der Waals surface area contributed by atoms with Crippen LogP contribution in [0.1, 0.15) is 6.92 Å². The maximum Gasteiger partial charge on any atom is 0.302 e. The number of methoxy groups -OCH3 is 9. The van der Waals surface area contributed by atoms with Gasteiger partial charge in [-0.1, -0.05) is 34.8 Å². The van der Waals surface area contributed by atoms with Gasteiger partial charge in [0.25, 0.3) is 3.79 Å². The normalized spacial score (nSPS) is 38.5. The van der Waals surface area contributed by atoms with Gasteiger partial charge >= 0.3 is 5.97 Å². The molecule has 0 saturated carbocycles. The molecule has 7 unspecified atom stereocenters. The van der Waals surface area contributed by atoms with E-state index < -0.39 is 108 Å². The van der Waals surface area contributed by atoms with Crippen molar-refractivity contribution in [1.82, 2.24) is 0 Å². The van der Waals surface area contributed by atoms with Gasteiger partial charge in [-0.05, 0) is 0 Å². The Morgan fingerprint density at radius 1 is 0.538 bits per heavy atom. The molecule has 0 spiro atoms. The summed E-state index contributed by atoms with van der Waals surface area (Å²) in [6.07, 6.45) is -13.7. The second-order valence-electron chi connectivity index (χ2n) is 11.9. The fourth-order valence-electron chi connectivity index (χ4n) is 6.54. The molecule has 1 N–H and O–H groups in total. The maximum absolute atomic E-state index is 11.9. The third-order valence-electron chi connectivity index (χ3n) is 8.87. The number of hydrogen-bond donors (Lipinski definition) is 1. The summed E-state index contributed by atoms with van der Waals surface area (Å²) in [4.78, 5) is 11.9. The number of carbonyl (C=O) groups excluding carboxylic acids is 1. The molecular weight excluding hydrogens is 765 g/mol. The van der Waals surface area contributed by atoms with Crippen LogP contribution in [0.2, 0.25) is 0 Å². The van der Waals surface area contributed by atoms with Crippen molar-refractivity contribution in [3.8, 4) is 0 Å². The molecule has 21 heteroatoms. The van der Waals surface area contributed by atoms with Crippen LogP contribution in [0.5, 0.6) is 0 Å². The zero-order valence-electron chi connectivity index (χ0n) is 30.9. The van der Waals surface area contributed by atoms with Gasteiger partial charge in [0.1, 0.15) is 79.9 Å². The van der Waals surface area contributed by atoms with Crippen LogP contribution in [0.4, 0.5) is 0 Å². The zero-order chi connectivity index (χ0) is 38.7. The highest BCUT2D eigenvalue weighted by Gasteiger charge is 2.56. The fraction of sp³-hybridized carbons (Fsp3) is 0.935. The number of carbonyl (C=O) groups is 1. The summed E-state index contributed by atoms with van der Waals surface area (Å²) in [6.45, 7) is 1.10. The highest BCUT2D eigenvalue weighted by Crippen LogP contribution is 2.38. The lowest BCUT2D eigenvalue weighted by Crippen LogP contribution is -2.68. The van der Waals surface area contributed by atoms with Crippen molar-refractivity contribution in [1.29, 1.82) is 5.41 Å². The highest BCUT2D eigenvalue weighted by molar-refractivity contribution is 6.76. The molecule has 18 nitrogen and oxygen atoms in total. The van der Waals surface area contributed by atoms with Crippen LogP contribution in [0.25, 0.3) is 0 Å². The first-order chi connectivity index (χ1) is 24.8. The number of halogens is 3. The molecule has 0 aromatic carbocycles. The van der Waals surface area contributed by atoms with Crippen LogP contribution in [-0.2, 0) is 80.6 Å². The van der Waals surface area contributed by atoms with E-state index >= 15 is 0 Å². The first kappa shape index (κ1) is 45.6. The van der Waals surface area contributed by atoms with Gasteiger partial charge in [-0.2, -0.15) is 0 Å². The average Bonchev–Trinajstić information content (AvgIpc) is 3.11. The third-order valence-corrected chi connectivity index (χ3v) is 9.38. The Morgan fingerprint density at radius 2 is 0.885 bits per heavy atom. The summed E-state index contributed by atoms with van der Waals surface area (Å²) in [5, 5.41) is 8.10. The Balaban J connectivity index is 1.97. The molecular formula is C31H52Cl3NO17. The van der Waals surface area contributed by atoms with Crippen LogP contribution in [0.15, 0.2) is 0 Å². The molecule has 3 saturated heterocycles. The number of nitrogens with one attached hydrogen (secondary N) is 1. The monoisotopic (exact) mass is 815 g/mol. The van der Waals surface area contributed by atoms with Crippen LogP contribution in [0, 0.1) is 5.41 Å². The molecule has 0 aliphatic carbocycles. The van der Waals surface area contributed by atoms with Crippen molar-refractivity contribution in [2.75, 3.05) is 83.8 Å². The summed E-state index contributed by atoms with van der Waals surface area (Å²) < 4.78 is 92.5. The Kier molecular flexibility index (Phi) is 18.9. The molecule has 3 aliphatic heterocycles. The summed E-state index contributed by atoms with van der Waals surface area (Å²) >= 11 is 17.6. The van der Waals surface area contributed by atoms with Gasteiger partial charge in [0.05, 0.1) is 13.2 Å². The lowest BCUT2D eigenvalue weighted by molar-refractivity contribution is -0.384. The van der Waals surface area contributed by atoms with E-state index in [0.717, 1.165) is 0 Å². The van der Waals surface area contributed by atoms with Gasteiger partial charge in [-0.25, -0.2) is 0 Å². The van der Waals surface area contributed by atoms with E-state index in [1.54, 1.807) is 14.2 Å². The summed E-state index contributed by atoms with van der Waals surface area (Å²) in [5.41, 5.74) is 0. The van der Waals surface area contributed by atoms with Gasteiger partial charge in [-0.15, -0.1) is 0 Å². The van der Waals surface area contributed by atoms with Crippen LogP contribution < -0.4 is 0 Å². The summed E-state index contributed by atoms with van der Waals surface area (Å²) in [5.74, 6) is -1.34. The summed E-state index contributed by atoms with van der Waals surface area (Å²) in [6, 6.07) is 0. The van der Waals surface area contributed by atoms with E-state index in [1.165, 1.54) is 56.7 Å². The molecule has 0 amide bonds. The predicted octanol–water partition coefficient (Wildman–Crippen LogP) is 1.26. The van der Waals surface area contributed by atoms with Gasteiger partial charge in [0, 0.05) is 70.9 Å². The molecule has 0 aromatic heterocycles. The smallest absolute Gasteiger partial charge is 0.302 e. The first-order valence-corrected chi connectivity index (χ1v) is 17.3. The van der Waals surface area contributed by atoms with E-state index in [0.29, 0.717) is 0 Å². The number of alkyl halides is 3. The van der Waals surface area contributed by atoms with E-state index in [1.807, 2.05) is 0 Å². The zero-order valence-corrected chi connectivity index (χ0v) is 33.1. The van der Waals surface area contributed by atoms with Gasteiger partial charge in [0.2, 0.25) is 12.2 Å². The molecule has 52 heavy (non-hydrogen) atoms.